The Morgan fingerprint density at radius 2 is 1.89 bits per heavy atom. The Hall–Kier alpha value is -0.750. The summed E-state index contributed by atoms with van der Waals surface area (Å²) < 4.78 is 13.9. The molecule has 0 aliphatic rings. The fourth-order valence-electron chi connectivity index (χ4n) is 1.80. The Bertz CT molecular complexity index is 498. The summed E-state index contributed by atoms with van der Waals surface area (Å²) in [7, 11) is 0. The normalized spacial score (nSPS) is 12.6. The highest BCUT2D eigenvalue weighted by Crippen LogP contribution is 2.23. The third-order valence-corrected chi connectivity index (χ3v) is 4.35. The van der Waals surface area contributed by atoms with E-state index in [4.69, 9.17) is 5.84 Å². The van der Waals surface area contributed by atoms with Gasteiger partial charge < -0.3 is 0 Å². The average molecular weight is 329 g/mol. The van der Waals surface area contributed by atoms with Crippen molar-refractivity contribution in [1.82, 2.24) is 5.43 Å². The number of hydrazine groups is 1. The minimum absolute atomic E-state index is 0.154. The molecular formula is C13H14BrFN2S. The van der Waals surface area contributed by atoms with Crippen molar-refractivity contribution in [3.05, 3.63) is 56.4 Å². The van der Waals surface area contributed by atoms with E-state index in [1.807, 2.05) is 6.07 Å². The topological polar surface area (TPSA) is 38.0 Å². The first-order chi connectivity index (χ1) is 8.67. The quantitative estimate of drug-likeness (QED) is 0.653. The highest BCUT2D eigenvalue weighted by Gasteiger charge is 2.10. The minimum Gasteiger partial charge on any atom is -0.271 e. The van der Waals surface area contributed by atoms with Crippen molar-refractivity contribution >= 4 is 27.3 Å². The molecule has 1 heterocycles. The second-order valence-electron chi connectivity index (χ2n) is 4.10. The van der Waals surface area contributed by atoms with Crippen LogP contribution in [0.3, 0.4) is 0 Å². The van der Waals surface area contributed by atoms with Crippen molar-refractivity contribution < 1.29 is 4.39 Å². The lowest BCUT2D eigenvalue weighted by Gasteiger charge is -2.14. The fourth-order valence-corrected chi connectivity index (χ4v) is 3.36. The first-order valence-corrected chi connectivity index (χ1v) is 7.23. The molecule has 18 heavy (non-hydrogen) atoms. The van der Waals surface area contributed by atoms with Crippen LogP contribution in [0.15, 0.2) is 40.2 Å². The van der Waals surface area contributed by atoms with E-state index in [1.54, 1.807) is 23.5 Å². The van der Waals surface area contributed by atoms with E-state index in [0.717, 1.165) is 22.2 Å². The fraction of sp³-hybridized carbons (Fsp3) is 0.231. The van der Waals surface area contributed by atoms with Gasteiger partial charge in [-0.25, -0.2) is 4.39 Å². The van der Waals surface area contributed by atoms with Crippen LogP contribution < -0.4 is 11.3 Å². The van der Waals surface area contributed by atoms with Crippen LogP contribution in [0.5, 0.6) is 0 Å². The molecule has 1 atom stereocenters. The Kier molecular flexibility index (Phi) is 4.88. The zero-order valence-corrected chi connectivity index (χ0v) is 12.1. The van der Waals surface area contributed by atoms with Gasteiger partial charge in [0.2, 0.25) is 0 Å². The third kappa shape index (κ3) is 3.88. The Morgan fingerprint density at radius 1 is 1.17 bits per heavy atom. The molecule has 0 bridgehead atoms. The molecule has 0 saturated carbocycles. The molecule has 2 rings (SSSR count). The molecule has 0 spiro atoms. The van der Waals surface area contributed by atoms with Gasteiger partial charge in [-0.1, -0.05) is 12.1 Å². The second kappa shape index (κ2) is 6.43. The molecule has 0 saturated heterocycles. The van der Waals surface area contributed by atoms with Crippen molar-refractivity contribution in [2.45, 2.75) is 18.9 Å². The summed E-state index contributed by atoms with van der Waals surface area (Å²) in [6, 6.07) is 10.8. The lowest BCUT2D eigenvalue weighted by molar-refractivity contribution is 0.525. The van der Waals surface area contributed by atoms with Gasteiger partial charge in [0, 0.05) is 10.9 Å². The molecular weight excluding hydrogens is 315 g/mol. The van der Waals surface area contributed by atoms with E-state index in [2.05, 4.69) is 27.4 Å². The van der Waals surface area contributed by atoms with Gasteiger partial charge in [0.1, 0.15) is 5.82 Å². The summed E-state index contributed by atoms with van der Waals surface area (Å²) >= 11 is 5.15. The molecule has 1 aromatic carbocycles. The van der Waals surface area contributed by atoms with Crippen LogP contribution in [-0.4, -0.2) is 6.04 Å². The van der Waals surface area contributed by atoms with Gasteiger partial charge in [-0.05, 0) is 58.6 Å². The molecule has 0 aliphatic carbocycles. The Labute approximate surface area is 118 Å². The van der Waals surface area contributed by atoms with Crippen molar-refractivity contribution in [2.75, 3.05) is 0 Å². The lowest BCUT2D eigenvalue weighted by Crippen LogP contribution is -2.38. The van der Waals surface area contributed by atoms with Crippen LogP contribution >= 0.6 is 27.3 Å². The molecule has 0 aliphatic heterocycles. The maximum Gasteiger partial charge on any atom is 0.123 e. The van der Waals surface area contributed by atoms with Crippen molar-refractivity contribution in [3.8, 4) is 0 Å². The van der Waals surface area contributed by atoms with Crippen LogP contribution in [0.25, 0.3) is 0 Å². The standard InChI is InChI=1S/C13H14BrFN2S/c14-13-6-5-12(18-13)8-11(17-16)7-9-1-3-10(15)4-2-9/h1-6,11,17H,7-8,16H2. The van der Waals surface area contributed by atoms with E-state index in [1.165, 1.54) is 17.0 Å². The third-order valence-electron chi connectivity index (χ3n) is 2.71. The highest BCUT2D eigenvalue weighted by molar-refractivity contribution is 9.11. The van der Waals surface area contributed by atoms with E-state index in [0.29, 0.717) is 0 Å². The molecule has 0 radical (unpaired) electrons. The van der Waals surface area contributed by atoms with Gasteiger partial charge in [-0.2, -0.15) is 0 Å². The van der Waals surface area contributed by atoms with E-state index in [-0.39, 0.29) is 11.9 Å². The summed E-state index contributed by atoms with van der Waals surface area (Å²) in [5, 5.41) is 0. The zero-order valence-electron chi connectivity index (χ0n) is 9.70. The molecule has 2 nitrogen and oxygen atoms in total. The summed E-state index contributed by atoms with van der Waals surface area (Å²) in [5.41, 5.74) is 3.90. The van der Waals surface area contributed by atoms with Crippen molar-refractivity contribution in [3.63, 3.8) is 0 Å². The molecule has 1 aromatic heterocycles. The van der Waals surface area contributed by atoms with Crippen LogP contribution in [0.1, 0.15) is 10.4 Å². The number of benzene rings is 1. The minimum atomic E-state index is -0.210. The Morgan fingerprint density at radius 3 is 2.44 bits per heavy atom. The highest BCUT2D eigenvalue weighted by atomic mass is 79.9. The van der Waals surface area contributed by atoms with E-state index < -0.39 is 0 Å². The molecule has 5 heteroatoms. The second-order valence-corrected chi connectivity index (χ2v) is 6.65. The number of hydrogen-bond donors (Lipinski definition) is 2. The first kappa shape index (κ1) is 13.7. The maximum atomic E-state index is 12.8. The SMILES string of the molecule is NNC(Cc1ccc(F)cc1)Cc1ccc(Br)s1. The number of nitrogens with one attached hydrogen (secondary N) is 1. The predicted octanol–water partition coefficient (Wildman–Crippen LogP) is 3.27. The van der Waals surface area contributed by atoms with Gasteiger partial charge in [-0.3, -0.25) is 11.3 Å². The van der Waals surface area contributed by atoms with E-state index in [9.17, 15) is 4.39 Å². The number of nitrogens with two attached hydrogens (primary N) is 1. The van der Waals surface area contributed by atoms with Gasteiger partial charge >= 0.3 is 0 Å². The lowest BCUT2D eigenvalue weighted by atomic mass is 10.0. The molecule has 0 fully saturated rings. The van der Waals surface area contributed by atoms with Crippen LogP contribution in [0.4, 0.5) is 4.39 Å². The summed E-state index contributed by atoms with van der Waals surface area (Å²) in [6.07, 6.45) is 1.65. The largest absolute Gasteiger partial charge is 0.271 e. The smallest absolute Gasteiger partial charge is 0.123 e. The van der Waals surface area contributed by atoms with Crippen molar-refractivity contribution in [2.24, 2.45) is 5.84 Å². The van der Waals surface area contributed by atoms with Gasteiger partial charge in [0.05, 0.1) is 3.79 Å². The van der Waals surface area contributed by atoms with E-state index >= 15 is 0 Å². The molecule has 0 amide bonds. The Balaban J connectivity index is 1.99. The number of thiophene rings is 1. The monoisotopic (exact) mass is 328 g/mol. The maximum absolute atomic E-state index is 12.8. The number of halogens is 2. The van der Waals surface area contributed by atoms with Gasteiger partial charge in [0.15, 0.2) is 0 Å². The molecule has 96 valence electrons. The zero-order chi connectivity index (χ0) is 13.0. The average Bonchev–Trinajstić information content (AvgIpc) is 2.77. The summed E-state index contributed by atoms with van der Waals surface area (Å²) in [5.74, 6) is 5.36. The van der Waals surface area contributed by atoms with Crippen LogP contribution in [0, 0.1) is 5.82 Å². The molecule has 2 aromatic rings. The van der Waals surface area contributed by atoms with Crippen LogP contribution in [0.2, 0.25) is 0 Å². The van der Waals surface area contributed by atoms with Crippen molar-refractivity contribution in [1.29, 1.82) is 0 Å². The summed E-state index contributed by atoms with van der Waals surface area (Å²) in [4.78, 5) is 1.27. The molecule has 3 N–H and O–H groups in total. The van der Waals surface area contributed by atoms with Gasteiger partial charge in [-0.15, -0.1) is 11.3 Å². The van der Waals surface area contributed by atoms with Crippen LogP contribution in [-0.2, 0) is 12.8 Å². The number of hydrogen-bond acceptors (Lipinski definition) is 3. The predicted molar refractivity (Wildman–Crippen MR) is 76.9 cm³/mol. The first-order valence-electron chi connectivity index (χ1n) is 5.62. The summed E-state index contributed by atoms with van der Waals surface area (Å²) in [6.45, 7) is 0. The number of rotatable bonds is 5. The molecule has 1 unspecified atom stereocenters. The van der Waals surface area contributed by atoms with Gasteiger partial charge in [0.25, 0.3) is 0 Å².